The molecule has 0 bridgehead atoms. The molecule has 0 aromatic carbocycles. The number of carbonyl (C=O) groups is 2. The monoisotopic (exact) mass is 368 g/mol. The SMILES string of the molecule is CC(C)C[C@@H](C(=O)NCCC(=O)O)n1cc(CCN(C)C)[nH]c(=O)c1=O. The maximum atomic E-state index is 12.5. The minimum atomic E-state index is -1.02. The maximum Gasteiger partial charge on any atom is 0.316 e. The van der Waals surface area contributed by atoms with Crippen molar-refractivity contribution in [3.63, 3.8) is 0 Å². The number of rotatable bonds is 10. The number of aromatic nitrogens is 2. The van der Waals surface area contributed by atoms with Crippen molar-refractivity contribution in [1.82, 2.24) is 19.8 Å². The number of likely N-dealkylation sites (N-methyl/N-ethyl adjacent to an activating group) is 1. The third-order valence-electron chi connectivity index (χ3n) is 3.80. The second kappa shape index (κ2) is 9.91. The molecule has 0 saturated heterocycles. The van der Waals surface area contributed by atoms with Crippen molar-refractivity contribution in [2.45, 2.75) is 39.2 Å². The fourth-order valence-electron chi connectivity index (χ4n) is 2.48. The van der Waals surface area contributed by atoms with Gasteiger partial charge in [-0.15, -0.1) is 0 Å². The molecule has 1 atom stereocenters. The van der Waals surface area contributed by atoms with Crippen LogP contribution in [-0.4, -0.2) is 58.6 Å². The van der Waals surface area contributed by atoms with Gasteiger partial charge in [0.2, 0.25) is 5.91 Å². The Balaban J connectivity index is 3.15. The molecule has 1 amide bonds. The molecule has 3 N–H and O–H groups in total. The first-order valence-corrected chi connectivity index (χ1v) is 8.60. The molecular formula is C17H28N4O5. The van der Waals surface area contributed by atoms with Crippen LogP contribution in [0.15, 0.2) is 15.8 Å². The van der Waals surface area contributed by atoms with E-state index in [0.29, 0.717) is 25.1 Å². The van der Waals surface area contributed by atoms with Gasteiger partial charge in [0, 0.05) is 31.4 Å². The largest absolute Gasteiger partial charge is 0.481 e. The molecule has 1 aromatic heterocycles. The Kier molecular flexibility index (Phi) is 8.24. The summed E-state index contributed by atoms with van der Waals surface area (Å²) in [5.74, 6) is -1.39. The number of carbonyl (C=O) groups excluding carboxylic acids is 1. The highest BCUT2D eigenvalue weighted by Crippen LogP contribution is 2.16. The smallest absolute Gasteiger partial charge is 0.316 e. The molecule has 9 heteroatoms. The summed E-state index contributed by atoms with van der Waals surface area (Å²) in [7, 11) is 3.79. The van der Waals surface area contributed by atoms with Gasteiger partial charge in [-0.2, -0.15) is 0 Å². The van der Waals surface area contributed by atoms with Crippen LogP contribution in [0.2, 0.25) is 0 Å². The molecule has 0 aliphatic rings. The summed E-state index contributed by atoms with van der Waals surface area (Å²) in [6.45, 7) is 4.45. The molecular weight excluding hydrogens is 340 g/mol. The van der Waals surface area contributed by atoms with Gasteiger partial charge in [-0.1, -0.05) is 13.8 Å². The molecule has 0 aliphatic carbocycles. The van der Waals surface area contributed by atoms with Crippen LogP contribution in [0.4, 0.5) is 0 Å². The second-order valence-corrected chi connectivity index (χ2v) is 6.95. The van der Waals surface area contributed by atoms with E-state index in [1.807, 2.05) is 32.8 Å². The van der Waals surface area contributed by atoms with E-state index in [0.717, 1.165) is 0 Å². The van der Waals surface area contributed by atoms with Crippen LogP contribution in [0.1, 0.15) is 38.4 Å². The number of amides is 1. The van der Waals surface area contributed by atoms with Gasteiger partial charge in [-0.05, 0) is 26.4 Å². The van der Waals surface area contributed by atoms with Crippen molar-refractivity contribution in [3.8, 4) is 0 Å². The van der Waals surface area contributed by atoms with Crippen molar-refractivity contribution in [2.24, 2.45) is 5.92 Å². The van der Waals surface area contributed by atoms with Crippen LogP contribution in [-0.2, 0) is 16.0 Å². The van der Waals surface area contributed by atoms with Gasteiger partial charge in [0.15, 0.2) is 0 Å². The third kappa shape index (κ3) is 6.83. The van der Waals surface area contributed by atoms with Crippen molar-refractivity contribution < 1.29 is 14.7 Å². The van der Waals surface area contributed by atoms with Gasteiger partial charge in [0.05, 0.1) is 6.42 Å². The van der Waals surface area contributed by atoms with Gasteiger partial charge in [0.25, 0.3) is 0 Å². The van der Waals surface area contributed by atoms with Crippen LogP contribution in [0, 0.1) is 5.92 Å². The number of carboxylic acid groups (broad SMARTS) is 1. The second-order valence-electron chi connectivity index (χ2n) is 6.95. The number of hydrogen-bond acceptors (Lipinski definition) is 5. The van der Waals surface area contributed by atoms with E-state index in [-0.39, 0.29) is 18.9 Å². The van der Waals surface area contributed by atoms with E-state index in [2.05, 4.69) is 10.3 Å². The standard InChI is InChI=1S/C17H28N4O5/c1-11(2)9-13(15(24)18-7-5-14(22)23)21-10-12(6-8-20(3)4)19-16(25)17(21)26/h10-11,13H,5-9H2,1-4H3,(H,18,24)(H,19,25)(H,22,23)/t13-/m0/s1. The maximum absolute atomic E-state index is 12.5. The summed E-state index contributed by atoms with van der Waals surface area (Å²) in [5, 5.41) is 11.2. The lowest BCUT2D eigenvalue weighted by atomic mass is 10.0. The van der Waals surface area contributed by atoms with Gasteiger partial charge in [0.1, 0.15) is 6.04 Å². The van der Waals surface area contributed by atoms with E-state index >= 15 is 0 Å². The van der Waals surface area contributed by atoms with Crippen LogP contribution in [0.3, 0.4) is 0 Å². The number of aliphatic carboxylic acids is 1. The van der Waals surface area contributed by atoms with Gasteiger partial charge >= 0.3 is 17.1 Å². The van der Waals surface area contributed by atoms with Crippen LogP contribution >= 0.6 is 0 Å². The van der Waals surface area contributed by atoms with Crippen LogP contribution < -0.4 is 16.4 Å². The van der Waals surface area contributed by atoms with Crippen molar-refractivity contribution in [3.05, 3.63) is 32.6 Å². The first-order valence-electron chi connectivity index (χ1n) is 8.60. The Morgan fingerprint density at radius 1 is 1.31 bits per heavy atom. The summed E-state index contributed by atoms with van der Waals surface area (Å²) >= 11 is 0. The molecule has 0 radical (unpaired) electrons. The zero-order valence-electron chi connectivity index (χ0n) is 15.7. The average Bonchev–Trinajstić information content (AvgIpc) is 2.53. The minimum Gasteiger partial charge on any atom is -0.481 e. The highest BCUT2D eigenvalue weighted by molar-refractivity contribution is 5.80. The molecule has 0 unspecified atom stereocenters. The fourth-order valence-corrected chi connectivity index (χ4v) is 2.48. The van der Waals surface area contributed by atoms with Crippen molar-refractivity contribution in [1.29, 1.82) is 0 Å². The van der Waals surface area contributed by atoms with E-state index in [1.54, 1.807) is 0 Å². The zero-order chi connectivity index (χ0) is 19.9. The van der Waals surface area contributed by atoms with Gasteiger partial charge in [-0.3, -0.25) is 23.7 Å². The topological polar surface area (TPSA) is 124 Å². The quantitative estimate of drug-likeness (QED) is 0.492. The molecule has 1 heterocycles. The van der Waals surface area contributed by atoms with Crippen molar-refractivity contribution >= 4 is 11.9 Å². The average molecular weight is 368 g/mol. The summed E-state index contributed by atoms with van der Waals surface area (Å²) in [6, 6.07) is -0.864. The normalized spacial score (nSPS) is 12.4. The number of hydrogen-bond donors (Lipinski definition) is 3. The predicted molar refractivity (Wildman–Crippen MR) is 97.3 cm³/mol. The molecule has 0 spiro atoms. The summed E-state index contributed by atoms with van der Waals surface area (Å²) < 4.78 is 1.17. The van der Waals surface area contributed by atoms with Gasteiger partial charge in [-0.25, -0.2) is 0 Å². The first-order chi connectivity index (χ1) is 12.1. The lowest BCUT2D eigenvalue weighted by Gasteiger charge is -2.21. The number of H-pyrrole nitrogens is 1. The highest BCUT2D eigenvalue weighted by atomic mass is 16.4. The van der Waals surface area contributed by atoms with E-state index in [9.17, 15) is 19.2 Å². The lowest BCUT2D eigenvalue weighted by molar-refractivity contribution is -0.137. The van der Waals surface area contributed by atoms with Crippen LogP contribution in [0.25, 0.3) is 0 Å². The number of nitrogens with zero attached hydrogens (tertiary/aromatic N) is 2. The van der Waals surface area contributed by atoms with Crippen LogP contribution in [0.5, 0.6) is 0 Å². The Morgan fingerprint density at radius 2 is 1.96 bits per heavy atom. The summed E-state index contributed by atoms with van der Waals surface area (Å²) in [6.07, 6.45) is 2.18. The zero-order valence-corrected chi connectivity index (χ0v) is 15.7. The number of nitrogens with one attached hydrogen (secondary N) is 2. The van der Waals surface area contributed by atoms with Crippen molar-refractivity contribution in [2.75, 3.05) is 27.2 Å². The molecule has 9 nitrogen and oxygen atoms in total. The Hall–Kier alpha value is -2.42. The van der Waals surface area contributed by atoms with E-state index in [4.69, 9.17) is 5.11 Å². The molecule has 0 saturated carbocycles. The molecule has 0 aliphatic heterocycles. The Morgan fingerprint density at radius 3 is 2.50 bits per heavy atom. The first kappa shape index (κ1) is 21.6. The molecule has 1 rings (SSSR count). The summed E-state index contributed by atoms with van der Waals surface area (Å²) in [5.41, 5.74) is -0.999. The molecule has 0 fully saturated rings. The fraction of sp³-hybridized carbons (Fsp3) is 0.647. The Bertz CT molecular complexity index is 735. The van der Waals surface area contributed by atoms with E-state index in [1.165, 1.54) is 10.8 Å². The predicted octanol–water partition coefficient (Wildman–Crippen LogP) is -0.181. The van der Waals surface area contributed by atoms with E-state index < -0.39 is 29.0 Å². The van der Waals surface area contributed by atoms with Gasteiger partial charge < -0.3 is 20.3 Å². The summed E-state index contributed by atoms with van der Waals surface area (Å²) in [4.78, 5) is 51.9. The molecule has 26 heavy (non-hydrogen) atoms. The number of aromatic amines is 1. The molecule has 1 aromatic rings. The molecule has 146 valence electrons. The number of carboxylic acids is 1. The highest BCUT2D eigenvalue weighted by Gasteiger charge is 2.24. The Labute approximate surface area is 152 Å². The lowest BCUT2D eigenvalue weighted by Crippen LogP contribution is -2.44. The minimum absolute atomic E-state index is 0.0335. The third-order valence-corrected chi connectivity index (χ3v) is 3.80.